The highest BCUT2D eigenvalue weighted by molar-refractivity contribution is 7.19. The summed E-state index contributed by atoms with van der Waals surface area (Å²) in [6.45, 7) is 4.20. The number of carbonyl (C=O) groups is 1. The van der Waals surface area contributed by atoms with Crippen molar-refractivity contribution in [2.24, 2.45) is 0 Å². The van der Waals surface area contributed by atoms with E-state index < -0.39 is 5.91 Å². The number of benzene rings is 1. The third-order valence-corrected chi connectivity index (χ3v) is 7.72. The first-order chi connectivity index (χ1) is 18.6. The molecule has 0 atom stereocenters. The van der Waals surface area contributed by atoms with Crippen LogP contribution in [0.5, 0.6) is 5.75 Å². The van der Waals surface area contributed by atoms with Gasteiger partial charge in [-0.25, -0.2) is 25.4 Å². The molecule has 196 valence electrons. The van der Waals surface area contributed by atoms with E-state index in [2.05, 4.69) is 27.0 Å². The summed E-state index contributed by atoms with van der Waals surface area (Å²) in [4.78, 5) is 35.4. The molecule has 0 spiro atoms. The molecule has 4 aromatic rings. The van der Waals surface area contributed by atoms with E-state index in [0.29, 0.717) is 31.5 Å². The Hall–Kier alpha value is -3.87. The number of anilines is 2. The van der Waals surface area contributed by atoms with Crippen LogP contribution in [-0.2, 0) is 17.7 Å². The molecule has 0 aliphatic carbocycles. The fourth-order valence-corrected chi connectivity index (χ4v) is 5.83. The predicted octanol–water partition coefficient (Wildman–Crippen LogP) is 3.07. The fourth-order valence-electron chi connectivity index (χ4n) is 4.66. The third-order valence-electron chi connectivity index (χ3n) is 6.62. The maximum absolute atomic E-state index is 11.6. The number of thiophene rings is 1. The molecule has 6 rings (SSSR count). The van der Waals surface area contributed by atoms with Gasteiger partial charge in [0.2, 0.25) is 5.95 Å². The largest absolute Gasteiger partial charge is 0.493 e. The molecule has 2 aliphatic heterocycles. The minimum absolute atomic E-state index is 0.179. The van der Waals surface area contributed by atoms with Crippen LogP contribution < -0.4 is 20.0 Å². The smallest absolute Gasteiger partial charge is 0.277 e. The Morgan fingerprint density at radius 1 is 1.16 bits per heavy atom. The molecule has 38 heavy (non-hydrogen) atoms. The minimum Gasteiger partial charge on any atom is -0.493 e. The minimum atomic E-state index is -0.653. The number of morpholine rings is 1. The van der Waals surface area contributed by atoms with Crippen molar-refractivity contribution in [2.45, 2.75) is 19.4 Å². The van der Waals surface area contributed by atoms with Gasteiger partial charge in [0.1, 0.15) is 5.75 Å². The third kappa shape index (κ3) is 4.85. The summed E-state index contributed by atoms with van der Waals surface area (Å²) in [6.07, 6.45) is 4.77. The SMILES string of the molecule is CN(Cc1cc2nc(-c3ccc4c(c3)CCCO4)nc(N3CCOCC3)c2s1)c1ncc(C(=O)NO)cn1. The Morgan fingerprint density at radius 2 is 1.97 bits per heavy atom. The van der Waals surface area contributed by atoms with Gasteiger partial charge < -0.3 is 19.3 Å². The number of hydroxylamine groups is 1. The fraction of sp³-hybridized carbons (Fsp3) is 0.346. The summed E-state index contributed by atoms with van der Waals surface area (Å²) in [7, 11) is 1.89. The number of nitrogens with one attached hydrogen (secondary N) is 1. The van der Waals surface area contributed by atoms with Crippen molar-refractivity contribution in [3.8, 4) is 17.1 Å². The molecule has 1 amide bonds. The number of carbonyl (C=O) groups excluding carboxylic acids is 1. The lowest BCUT2D eigenvalue weighted by molar-refractivity contribution is 0.0705. The number of ether oxygens (including phenoxy) is 2. The Kier molecular flexibility index (Phi) is 6.75. The standard InChI is InChI=1S/C26H27N7O4S/c1-32(26-27-13-18(14-28-26)25(34)31-35)15-19-12-20-22(38-19)24(33-6-9-36-10-7-33)30-23(29-20)17-4-5-21-16(11-17)3-2-8-37-21/h4-5,11-14,35H,2-3,6-10,15H2,1H3,(H,31,34). The van der Waals surface area contributed by atoms with E-state index in [9.17, 15) is 4.79 Å². The van der Waals surface area contributed by atoms with Gasteiger partial charge in [-0.1, -0.05) is 0 Å². The van der Waals surface area contributed by atoms with Gasteiger partial charge in [-0.3, -0.25) is 10.0 Å². The second-order valence-electron chi connectivity index (χ2n) is 9.24. The number of fused-ring (bicyclic) bond motifs is 2. The van der Waals surface area contributed by atoms with Crippen LogP contribution in [-0.4, -0.2) is 71.0 Å². The molecule has 0 bridgehead atoms. The molecule has 1 aromatic carbocycles. The summed E-state index contributed by atoms with van der Waals surface area (Å²) in [5.41, 5.74) is 4.84. The van der Waals surface area contributed by atoms with Crippen molar-refractivity contribution in [2.75, 3.05) is 49.8 Å². The van der Waals surface area contributed by atoms with Gasteiger partial charge in [0.05, 0.1) is 42.1 Å². The molecule has 0 unspecified atom stereocenters. The van der Waals surface area contributed by atoms with Gasteiger partial charge >= 0.3 is 0 Å². The molecule has 5 heterocycles. The number of hydrogen-bond donors (Lipinski definition) is 2. The van der Waals surface area contributed by atoms with Gasteiger partial charge in [0.25, 0.3) is 5.91 Å². The molecule has 0 radical (unpaired) electrons. The zero-order valence-electron chi connectivity index (χ0n) is 20.9. The van der Waals surface area contributed by atoms with E-state index in [-0.39, 0.29) is 5.56 Å². The average molecular weight is 534 g/mol. The highest BCUT2D eigenvalue weighted by atomic mass is 32.1. The van der Waals surface area contributed by atoms with E-state index in [0.717, 1.165) is 64.8 Å². The summed E-state index contributed by atoms with van der Waals surface area (Å²) in [6, 6.07) is 8.31. The molecule has 0 saturated carbocycles. The monoisotopic (exact) mass is 533 g/mol. The topological polar surface area (TPSA) is 126 Å². The summed E-state index contributed by atoms with van der Waals surface area (Å²) < 4.78 is 12.4. The van der Waals surface area contributed by atoms with Gasteiger partial charge in [0, 0.05) is 43.0 Å². The summed E-state index contributed by atoms with van der Waals surface area (Å²) in [5, 5.41) is 8.80. The molecular weight excluding hydrogens is 506 g/mol. The summed E-state index contributed by atoms with van der Waals surface area (Å²) >= 11 is 1.66. The van der Waals surface area contributed by atoms with Crippen molar-refractivity contribution in [3.05, 3.63) is 52.7 Å². The van der Waals surface area contributed by atoms with Crippen molar-refractivity contribution in [1.82, 2.24) is 25.4 Å². The van der Waals surface area contributed by atoms with Gasteiger partial charge in [-0.15, -0.1) is 11.3 Å². The van der Waals surface area contributed by atoms with E-state index in [4.69, 9.17) is 24.6 Å². The molecule has 1 saturated heterocycles. The zero-order valence-corrected chi connectivity index (χ0v) is 21.7. The second-order valence-corrected chi connectivity index (χ2v) is 10.4. The molecule has 1 fully saturated rings. The highest BCUT2D eigenvalue weighted by Gasteiger charge is 2.22. The average Bonchev–Trinajstić information content (AvgIpc) is 3.38. The van der Waals surface area contributed by atoms with E-state index in [1.165, 1.54) is 18.0 Å². The van der Waals surface area contributed by atoms with E-state index >= 15 is 0 Å². The zero-order chi connectivity index (χ0) is 26.1. The lowest BCUT2D eigenvalue weighted by atomic mass is 10.0. The van der Waals surface area contributed by atoms with Crippen LogP contribution in [0.4, 0.5) is 11.8 Å². The maximum Gasteiger partial charge on any atom is 0.277 e. The van der Waals surface area contributed by atoms with Crippen LogP contribution in [0, 0.1) is 0 Å². The van der Waals surface area contributed by atoms with Crippen molar-refractivity contribution >= 4 is 39.2 Å². The van der Waals surface area contributed by atoms with Crippen LogP contribution in [0.1, 0.15) is 27.2 Å². The lowest BCUT2D eigenvalue weighted by Crippen LogP contribution is -2.36. The quantitative estimate of drug-likeness (QED) is 0.282. The Morgan fingerprint density at radius 3 is 2.76 bits per heavy atom. The van der Waals surface area contributed by atoms with Gasteiger partial charge in [-0.2, -0.15) is 0 Å². The Bertz CT molecular complexity index is 1470. The Labute approximate surface area is 223 Å². The van der Waals surface area contributed by atoms with Crippen LogP contribution >= 0.6 is 11.3 Å². The van der Waals surface area contributed by atoms with Gasteiger partial charge in [-0.05, 0) is 42.7 Å². The maximum atomic E-state index is 11.6. The number of amides is 1. The van der Waals surface area contributed by atoms with Crippen molar-refractivity contribution in [1.29, 1.82) is 0 Å². The number of hydrogen-bond acceptors (Lipinski definition) is 11. The van der Waals surface area contributed by atoms with E-state index in [1.807, 2.05) is 24.1 Å². The second kappa shape index (κ2) is 10.5. The first kappa shape index (κ1) is 24.5. The molecule has 11 nitrogen and oxygen atoms in total. The molecule has 2 N–H and O–H groups in total. The number of aromatic nitrogens is 4. The number of rotatable bonds is 6. The summed E-state index contributed by atoms with van der Waals surface area (Å²) in [5.74, 6) is 2.39. The van der Waals surface area contributed by atoms with Crippen LogP contribution in [0.15, 0.2) is 36.7 Å². The highest BCUT2D eigenvalue weighted by Crippen LogP contribution is 2.36. The molecule has 2 aliphatic rings. The van der Waals surface area contributed by atoms with Gasteiger partial charge in [0.15, 0.2) is 11.6 Å². The number of nitrogens with zero attached hydrogens (tertiary/aromatic N) is 6. The first-order valence-corrected chi connectivity index (χ1v) is 13.3. The van der Waals surface area contributed by atoms with Crippen LogP contribution in [0.3, 0.4) is 0 Å². The van der Waals surface area contributed by atoms with E-state index in [1.54, 1.807) is 16.8 Å². The predicted molar refractivity (Wildman–Crippen MR) is 143 cm³/mol. The van der Waals surface area contributed by atoms with Crippen molar-refractivity contribution in [3.63, 3.8) is 0 Å². The lowest BCUT2D eigenvalue weighted by Gasteiger charge is -2.28. The Balaban J connectivity index is 1.34. The molecular formula is C26H27N7O4S. The molecule has 12 heteroatoms. The first-order valence-electron chi connectivity index (χ1n) is 12.5. The van der Waals surface area contributed by atoms with Crippen LogP contribution in [0.2, 0.25) is 0 Å². The normalized spacial score (nSPS) is 15.2. The van der Waals surface area contributed by atoms with Crippen LogP contribution in [0.25, 0.3) is 21.6 Å². The number of aryl methyl sites for hydroxylation is 1. The van der Waals surface area contributed by atoms with Crippen molar-refractivity contribution < 1.29 is 19.5 Å². The molecule has 3 aromatic heterocycles.